The molecule has 100 valence electrons. The van der Waals surface area contributed by atoms with Crippen molar-refractivity contribution in [2.75, 3.05) is 7.11 Å². The molecule has 0 spiro atoms. The summed E-state index contributed by atoms with van der Waals surface area (Å²) in [5.74, 6) is 0.687. The van der Waals surface area contributed by atoms with E-state index in [1.165, 1.54) is 11.1 Å². The van der Waals surface area contributed by atoms with Gasteiger partial charge in [-0.1, -0.05) is 35.9 Å². The molecule has 1 aromatic heterocycles. The van der Waals surface area contributed by atoms with Gasteiger partial charge in [-0.2, -0.15) is 0 Å². The molecular weight excluding hydrogens is 236 g/mol. The summed E-state index contributed by atoms with van der Waals surface area (Å²) < 4.78 is 5.25. The van der Waals surface area contributed by atoms with Gasteiger partial charge in [0.15, 0.2) is 0 Å². The zero-order valence-electron chi connectivity index (χ0n) is 11.7. The Hall–Kier alpha value is -1.87. The summed E-state index contributed by atoms with van der Waals surface area (Å²) >= 11 is 0. The van der Waals surface area contributed by atoms with Gasteiger partial charge in [-0.05, 0) is 25.5 Å². The largest absolute Gasteiger partial charge is 0.481 e. The molecule has 2 aromatic rings. The minimum absolute atomic E-state index is 0.296. The Kier molecular flexibility index (Phi) is 4.53. The molecule has 0 aliphatic rings. The zero-order valence-corrected chi connectivity index (χ0v) is 11.7. The molecule has 0 saturated carbocycles. The first kappa shape index (κ1) is 13.6. The number of hydrogen-bond donors (Lipinski definition) is 1. The first-order chi connectivity index (χ1) is 9.20. The average Bonchev–Trinajstić information content (AvgIpc) is 2.45. The molecule has 2 rings (SSSR count). The molecule has 0 bridgehead atoms. The second-order valence-electron chi connectivity index (χ2n) is 4.69. The Bertz CT molecular complexity index is 540. The van der Waals surface area contributed by atoms with Gasteiger partial charge in [-0.3, -0.25) is 0 Å². The number of aryl methyl sites for hydroxylation is 1. The van der Waals surface area contributed by atoms with Crippen molar-refractivity contribution in [3.63, 3.8) is 0 Å². The average molecular weight is 256 g/mol. The van der Waals surface area contributed by atoms with E-state index in [-0.39, 0.29) is 0 Å². The summed E-state index contributed by atoms with van der Waals surface area (Å²) in [5.41, 5.74) is 3.65. The third-order valence-electron chi connectivity index (χ3n) is 3.18. The van der Waals surface area contributed by atoms with E-state index in [2.05, 4.69) is 48.4 Å². The number of methoxy groups -OCH3 is 1. The van der Waals surface area contributed by atoms with Crippen LogP contribution in [0.1, 0.15) is 29.7 Å². The molecule has 0 aliphatic heterocycles. The maximum Gasteiger partial charge on any atom is 0.217 e. The third-order valence-corrected chi connectivity index (χ3v) is 3.18. The van der Waals surface area contributed by atoms with Crippen LogP contribution in [0.2, 0.25) is 0 Å². The summed E-state index contributed by atoms with van der Waals surface area (Å²) in [5, 5.41) is 3.50. The van der Waals surface area contributed by atoms with Crippen molar-refractivity contribution >= 4 is 0 Å². The molecule has 19 heavy (non-hydrogen) atoms. The number of hydrogen-bond acceptors (Lipinski definition) is 3. The smallest absolute Gasteiger partial charge is 0.217 e. The van der Waals surface area contributed by atoms with Crippen molar-refractivity contribution in [2.45, 2.75) is 26.4 Å². The molecule has 1 atom stereocenters. The van der Waals surface area contributed by atoms with Crippen LogP contribution in [-0.4, -0.2) is 12.1 Å². The van der Waals surface area contributed by atoms with Crippen LogP contribution in [0.4, 0.5) is 0 Å². The van der Waals surface area contributed by atoms with Gasteiger partial charge in [0, 0.05) is 24.3 Å². The molecule has 0 saturated heterocycles. The topological polar surface area (TPSA) is 34.1 Å². The Morgan fingerprint density at radius 2 is 2.11 bits per heavy atom. The van der Waals surface area contributed by atoms with E-state index in [0.717, 1.165) is 12.1 Å². The van der Waals surface area contributed by atoms with Gasteiger partial charge >= 0.3 is 0 Å². The third kappa shape index (κ3) is 3.55. The quantitative estimate of drug-likeness (QED) is 0.891. The Balaban J connectivity index is 2.02. The standard InChI is InChI=1S/C16H20N2O/c1-12-6-4-7-14(10-12)13(2)18-11-15-8-5-9-17-16(15)19-3/h4-10,13,18H,11H2,1-3H3. The summed E-state index contributed by atoms with van der Waals surface area (Å²) in [6, 6.07) is 12.8. The number of pyridine rings is 1. The molecule has 3 nitrogen and oxygen atoms in total. The van der Waals surface area contributed by atoms with Crippen molar-refractivity contribution < 1.29 is 4.74 Å². The fraction of sp³-hybridized carbons (Fsp3) is 0.312. The Morgan fingerprint density at radius 1 is 1.26 bits per heavy atom. The number of nitrogens with zero attached hydrogens (tertiary/aromatic N) is 1. The van der Waals surface area contributed by atoms with E-state index in [9.17, 15) is 0 Å². The molecule has 0 fully saturated rings. The van der Waals surface area contributed by atoms with Crippen LogP contribution in [0.3, 0.4) is 0 Å². The van der Waals surface area contributed by atoms with Crippen molar-refractivity contribution in [1.82, 2.24) is 10.3 Å². The fourth-order valence-electron chi connectivity index (χ4n) is 2.06. The van der Waals surface area contributed by atoms with Crippen LogP contribution in [0.25, 0.3) is 0 Å². The van der Waals surface area contributed by atoms with E-state index in [0.29, 0.717) is 11.9 Å². The van der Waals surface area contributed by atoms with E-state index in [4.69, 9.17) is 4.74 Å². The summed E-state index contributed by atoms with van der Waals surface area (Å²) in [6.07, 6.45) is 1.74. The van der Waals surface area contributed by atoms with Gasteiger partial charge in [-0.25, -0.2) is 4.98 Å². The van der Waals surface area contributed by atoms with Gasteiger partial charge in [0.2, 0.25) is 5.88 Å². The predicted molar refractivity (Wildman–Crippen MR) is 77.2 cm³/mol. The molecule has 1 heterocycles. The molecule has 3 heteroatoms. The molecule has 1 N–H and O–H groups in total. The van der Waals surface area contributed by atoms with E-state index in [1.54, 1.807) is 13.3 Å². The van der Waals surface area contributed by atoms with Crippen molar-refractivity contribution in [2.24, 2.45) is 0 Å². The van der Waals surface area contributed by atoms with Crippen molar-refractivity contribution in [1.29, 1.82) is 0 Å². The molecule has 0 radical (unpaired) electrons. The lowest BCUT2D eigenvalue weighted by Crippen LogP contribution is -2.18. The summed E-state index contributed by atoms with van der Waals surface area (Å²) in [7, 11) is 1.65. The number of nitrogens with one attached hydrogen (secondary N) is 1. The summed E-state index contributed by atoms with van der Waals surface area (Å²) in [4.78, 5) is 4.20. The zero-order chi connectivity index (χ0) is 13.7. The van der Waals surface area contributed by atoms with Crippen LogP contribution in [0, 0.1) is 6.92 Å². The van der Waals surface area contributed by atoms with E-state index in [1.807, 2.05) is 12.1 Å². The maximum absolute atomic E-state index is 5.25. The first-order valence-corrected chi connectivity index (χ1v) is 6.48. The Morgan fingerprint density at radius 3 is 2.84 bits per heavy atom. The Labute approximate surface area is 114 Å². The van der Waals surface area contributed by atoms with Gasteiger partial charge in [0.25, 0.3) is 0 Å². The second-order valence-corrected chi connectivity index (χ2v) is 4.69. The SMILES string of the molecule is COc1ncccc1CNC(C)c1cccc(C)c1. The molecule has 1 unspecified atom stereocenters. The minimum atomic E-state index is 0.296. The van der Waals surface area contributed by atoms with Crippen LogP contribution in [0.5, 0.6) is 5.88 Å². The van der Waals surface area contributed by atoms with Crippen LogP contribution < -0.4 is 10.1 Å². The number of rotatable bonds is 5. The highest BCUT2D eigenvalue weighted by Crippen LogP contribution is 2.17. The molecular formula is C16H20N2O. The first-order valence-electron chi connectivity index (χ1n) is 6.48. The fourth-order valence-corrected chi connectivity index (χ4v) is 2.06. The molecule has 1 aromatic carbocycles. The molecule has 0 aliphatic carbocycles. The van der Waals surface area contributed by atoms with Crippen molar-refractivity contribution in [3.8, 4) is 5.88 Å². The lowest BCUT2D eigenvalue weighted by molar-refractivity contribution is 0.389. The lowest BCUT2D eigenvalue weighted by atomic mass is 10.1. The molecule has 0 amide bonds. The van der Waals surface area contributed by atoms with Crippen LogP contribution >= 0.6 is 0 Å². The van der Waals surface area contributed by atoms with Gasteiger partial charge in [-0.15, -0.1) is 0 Å². The highest BCUT2D eigenvalue weighted by atomic mass is 16.5. The van der Waals surface area contributed by atoms with E-state index < -0.39 is 0 Å². The van der Waals surface area contributed by atoms with Gasteiger partial charge < -0.3 is 10.1 Å². The number of benzene rings is 1. The lowest BCUT2D eigenvalue weighted by Gasteiger charge is -2.15. The van der Waals surface area contributed by atoms with Crippen molar-refractivity contribution in [3.05, 3.63) is 59.3 Å². The minimum Gasteiger partial charge on any atom is -0.481 e. The maximum atomic E-state index is 5.25. The highest BCUT2D eigenvalue weighted by molar-refractivity contribution is 5.27. The second kappa shape index (κ2) is 6.34. The monoisotopic (exact) mass is 256 g/mol. The van der Waals surface area contributed by atoms with Gasteiger partial charge in [0.1, 0.15) is 0 Å². The number of aromatic nitrogens is 1. The number of ether oxygens (including phenoxy) is 1. The predicted octanol–water partition coefficient (Wildman–Crippen LogP) is 3.25. The van der Waals surface area contributed by atoms with Crippen LogP contribution in [0.15, 0.2) is 42.6 Å². The van der Waals surface area contributed by atoms with Gasteiger partial charge in [0.05, 0.1) is 7.11 Å². The summed E-state index contributed by atoms with van der Waals surface area (Å²) in [6.45, 7) is 5.02. The van der Waals surface area contributed by atoms with E-state index >= 15 is 0 Å². The van der Waals surface area contributed by atoms with Crippen LogP contribution in [-0.2, 0) is 6.54 Å². The normalized spacial score (nSPS) is 12.2. The highest BCUT2D eigenvalue weighted by Gasteiger charge is 2.07.